The number of hydrogen-bond donors (Lipinski definition) is 1. The lowest BCUT2D eigenvalue weighted by Crippen LogP contribution is -2.33. The lowest BCUT2D eigenvalue weighted by atomic mass is 10.0. The van der Waals surface area contributed by atoms with Gasteiger partial charge < -0.3 is 4.43 Å². The summed E-state index contributed by atoms with van der Waals surface area (Å²) in [4.78, 5) is 1.03. The number of benzene rings is 1. The summed E-state index contributed by atoms with van der Waals surface area (Å²) in [6, 6.07) is 8.29. The fraction of sp³-hybridized carbons (Fsp3) is 0.500. The van der Waals surface area contributed by atoms with Crippen LogP contribution in [0.5, 0.6) is 0 Å². The fourth-order valence-corrected chi connectivity index (χ4v) is 3.24. The maximum absolute atomic E-state index is 6.07. The van der Waals surface area contributed by atoms with E-state index in [0.717, 1.165) is 17.7 Å². The molecule has 0 spiro atoms. The van der Waals surface area contributed by atoms with Crippen LogP contribution in [0.3, 0.4) is 0 Å². The van der Waals surface area contributed by atoms with Gasteiger partial charge in [0.1, 0.15) is 0 Å². The minimum absolute atomic E-state index is 0.0683. The van der Waals surface area contributed by atoms with Gasteiger partial charge in [-0.25, -0.2) is 0 Å². The first-order chi connectivity index (χ1) is 7.09. The zero-order valence-corrected chi connectivity index (χ0v) is 12.1. The highest BCUT2D eigenvalue weighted by Gasteiger charge is 2.19. The van der Waals surface area contributed by atoms with Gasteiger partial charge in [-0.2, -0.15) is 0 Å². The minimum atomic E-state index is -0.608. The summed E-state index contributed by atoms with van der Waals surface area (Å²) in [5.41, 5.74) is 0.0683. The predicted octanol–water partition coefficient (Wildman–Crippen LogP) is 2.28. The molecule has 0 N–H and O–H groups in total. The van der Waals surface area contributed by atoms with Crippen LogP contribution in [0.1, 0.15) is 33.6 Å². The molecule has 84 valence electrons. The molecule has 1 aromatic rings. The van der Waals surface area contributed by atoms with E-state index < -0.39 is 9.76 Å². The second kappa shape index (κ2) is 5.73. The van der Waals surface area contributed by atoms with Crippen molar-refractivity contribution in [3.63, 3.8) is 0 Å². The van der Waals surface area contributed by atoms with Gasteiger partial charge in [0.25, 0.3) is 0 Å². The molecule has 15 heavy (non-hydrogen) atoms. The van der Waals surface area contributed by atoms with Gasteiger partial charge in [-0.3, -0.25) is 0 Å². The van der Waals surface area contributed by atoms with Crippen LogP contribution in [-0.2, 0) is 4.43 Å². The largest absolute Gasteiger partial charge is 0.413 e. The summed E-state index contributed by atoms with van der Waals surface area (Å²) >= 11 is 4.33. The smallest absolute Gasteiger partial charge is 0.193 e. The minimum Gasteiger partial charge on any atom is -0.413 e. The van der Waals surface area contributed by atoms with Gasteiger partial charge in [-0.15, -0.1) is 12.6 Å². The van der Waals surface area contributed by atoms with Crippen LogP contribution >= 0.6 is 12.6 Å². The van der Waals surface area contributed by atoms with Crippen molar-refractivity contribution in [1.82, 2.24) is 0 Å². The van der Waals surface area contributed by atoms with Crippen LogP contribution < -0.4 is 5.19 Å². The van der Waals surface area contributed by atoms with Gasteiger partial charge in [-0.1, -0.05) is 26.0 Å². The Morgan fingerprint density at radius 3 is 2.53 bits per heavy atom. The molecule has 0 aliphatic carbocycles. The molecule has 0 atom stereocenters. The summed E-state index contributed by atoms with van der Waals surface area (Å²) in [7, 11) is -0.608. The summed E-state index contributed by atoms with van der Waals surface area (Å²) in [5, 5.41) is 1.33. The molecule has 0 saturated carbocycles. The number of hydrogen-bond acceptors (Lipinski definition) is 2. The Bertz CT molecular complexity index is 310. The van der Waals surface area contributed by atoms with E-state index in [4.69, 9.17) is 4.43 Å². The molecule has 0 unspecified atom stereocenters. The van der Waals surface area contributed by atoms with Crippen LogP contribution in [-0.4, -0.2) is 15.4 Å². The average molecular weight is 240 g/mol. The molecular weight excluding hydrogens is 220 g/mol. The molecule has 0 saturated heterocycles. The third-order valence-electron chi connectivity index (χ3n) is 2.99. The Labute approximate surface area is 101 Å². The molecule has 1 rings (SSSR count). The Kier molecular flexibility index (Phi) is 4.89. The summed E-state index contributed by atoms with van der Waals surface area (Å²) in [5.74, 6) is 0. The molecule has 0 fully saturated rings. The molecule has 1 nitrogen and oxygen atoms in total. The fourth-order valence-electron chi connectivity index (χ4n) is 1.36. The Hall–Kier alpha value is -0.253. The van der Waals surface area contributed by atoms with Gasteiger partial charge in [0, 0.05) is 4.90 Å². The van der Waals surface area contributed by atoms with Crippen molar-refractivity contribution in [3.8, 4) is 0 Å². The van der Waals surface area contributed by atoms with Crippen molar-refractivity contribution in [1.29, 1.82) is 0 Å². The van der Waals surface area contributed by atoms with Crippen molar-refractivity contribution < 1.29 is 4.43 Å². The number of thiol groups is 1. The van der Waals surface area contributed by atoms with E-state index in [9.17, 15) is 0 Å². The summed E-state index contributed by atoms with van der Waals surface area (Å²) in [6.07, 6.45) is 2.16. The normalized spacial score (nSPS) is 12.5. The molecule has 3 heteroatoms. The topological polar surface area (TPSA) is 9.23 Å². The highest BCUT2D eigenvalue weighted by atomic mass is 32.1. The van der Waals surface area contributed by atoms with Crippen molar-refractivity contribution in [2.45, 2.75) is 44.1 Å². The van der Waals surface area contributed by atoms with Gasteiger partial charge >= 0.3 is 0 Å². The first-order valence-electron chi connectivity index (χ1n) is 5.51. The molecule has 0 aliphatic heterocycles. The first-order valence-corrected chi connectivity index (χ1v) is 7.24. The van der Waals surface area contributed by atoms with Gasteiger partial charge in [-0.05, 0) is 37.1 Å². The second-order valence-corrected chi connectivity index (χ2v) is 6.03. The molecule has 0 amide bonds. The van der Waals surface area contributed by atoms with Crippen LogP contribution in [0.25, 0.3) is 0 Å². The van der Waals surface area contributed by atoms with E-state index in [1.165, 1.54) is 5.19 Å². The Morgan fingerprint density at radius 1 is 1.33 bits per heavy atom. The summed E-state index contributed by atoms with van der Waals surface area (Å²) < 4.78 is 6.07. The van der Waals surface area contributed by atoms with Gasteiger partial charge in [0.2, 0.25) is 0 Å². The standard InChI is InChI=1S/C12H20OSSi/c1-4-12(3,5-2)13-15-11-8-6-7-10(14)9-11/h6-9,14H,4-5,15H2,1-3H3. The lowest BCUT2D eigenvalue weighted by Gasteiger charge is -2.27. The predicted molar refractivity (Wildman–Crippen MR) is 71.9 cm³/mol. The zero-order valence-electron chi connectivity index (χ0n) is 9.79. The zero-order chi connectivity index (χ0) is 11.3. The van der Waals surface area contributed by atoms with E-state index in [1.54, 1.807) is 0 Å². The maximum Gasteiger partial charge on any atom is 0.193 e. The van der Waals surface area contributed by atoms with Crippen molar-refractivity contribution >= 4 is 27.6 Å². The van der Waals surface area contributed by atoms with Crippen molar-refractivity contribution in [2.24, 2.45) is 0 Å². The van der Waals surface area contributed by atoms with Crippen LogP contribution in [0.15, 0.2) is 29.2 Å². The molecule has 0 bridgehead atoms. The molecule has 0 aliphatic rings. The SMILES string of the molecule is CCC(C)(CC)O[SiH2]c1cccc(S)c1. The van der Waals surface area contributed by atoms with Gasteiger partial charge in [0.05, 0.1) is 5.60 Å². The van der Waals surface area contributed by atoms with E-state index in [1.807, 2.05) is 12.1 Å². The van der Waals surface area contributed by atoms with Crippen molar-refractivity contribution in [3.05, 3.63) is 24.3 Å². The number of rotatable bonds is 5. The Morgan fingerprint density at radius 2 is 2.00 bits per heavy atom. The van der Waals surface area contributed by atoms with E-state index in [2.05, 4.69) is 45.5 Å². The molecular formula is C12H20OSSi. The van der Waals surface area contributed by atoms with Crippen molar-refractivity contribution in [2.75, 3.05) is 0 Å². The van der Waals surface area contributed by atoms with Crippen LogP contribution in [0.4, 0.5) is 0 Å². The lowest BCUT2D eigenvalue weighted by molar-refractivity contribution is 0.0882. The van der Waals surface area contributed by atoms with Crippen LogP contribution in [0, 0.1) is 0 Å². The maximum atomic E-state index is 6.07. The van der Waals surface area contributed by atoms with E-state index in [-0.39, 0.29) is 5.60 Å². The highest BCUT2D eigenvalue weighted by Crippen LogP contribution is 2.18. The van der Waals surface area contributed by atoms with Crippen LogP contribution in [0.2, 0.25) is 0 Å². The quantitative estimate of drug-likeness (QED) is 0.614. The highest BCUT2D eigenvalue weighted by molar-refractivity contribution is 7.80. The molecule has 0 heterocycles. The monoisotopic (exact) mass is 240 g/mol. The molecule has 0 aromatic heterocycles. The molecule has 1 aromatic carbocycles. The summed E-state index contributed by atoms with van der Waals surface area (Å²) in [6.45, 7) is 6.57. The van der Waals surface area contributed by atoms with Gasteiger partial charge in [0.15, 0.2) is 9.76 Å². The second-order valence-electron chi connectivity index (χ2n) is 4.12. The average Bonchev–Trinajstić information content (AvgIpc) is 2.26. The molecule has 0 radical (unpaired) electrons. The van der Waals surface area contributed by atoms with E-state index in [0.29, 0.717) is 0 Å². The first kappa shape index (κ1) is 12.8. The Balaban J connectivity index is 2.56. The third-order valence-corrected chi connectivity index (χ3v) is 4.89. The van der Waals surface area contributed by atoms with E-state index >= 15 is 0 Å². The third kappa shape index (κ3) is 4.01.